The largest absolute Gasteiger partial charge is 0.392 e. The van der Waals surface area contributed by atoms with Crippen LogP contribution in [0.4, 0.5) is 0 Å². The average molecular weight is 180 g/mol. The minimum atomic E-state index is -0.0865. The highest BCUT2D eigenvalue weighted by Gasteiger charge is 2.48. The van der Waals surface area contributed by atoms with Gasteiger partial charge in [-0.1, -0.05) is 25.5 Å². The molecule has 1 fully saturated rings. The Kier molecular flexibility index (Phi) is 2.03. The first kappa shape index (κ1) is 9.26. The van der Waals surface area contributed by atoms with Gasteiger partial charge in [0, 0.05) is 5.92 Å². The molecular weight excluding hydrogens is 160 g/mol. The van der Waals surface area contributed by atoms with Gasteiger partial charge in [0.15, 0.2) is 0 Å². The molecule has 1 N–H and O–H groups in total. The van der Waals surface area contributed by atoms with Crippen LogP contribution in [0, 0.1) is 17.3 Å². The van der Waals surface area contributed by atoms with E-state index in [1.165, 1.54) is 18.4 Å². The Labute approximate surface area is 80.8 Å². The lowest BCUT2D eigenvalue weighted by Gasteiger charge is -2.33. The zero-order chi connectivity index (χ0) is 9.64. The summed E-state index contributed by atoms with van der Waals surface area (Å²) in [4.78, 5) is 0. The van der Waals surface area contributed by atoms with Gasteiger partial charge in [0.25, 0.3) is 0 Å². The van der Waals surface area contributed by atoms with Gasteiger partial charge in [-0.15, -0.1) is 0 Å². The highest BCUT2D eigenvalue weighted by molar-refractivity contribution is 5.17. The number of hydrogen-bond donors (Lipinski definition) is 1. The first-order chi connectivity index (χ1) is 6.02. The molecule has 13 heavy (non-hydrogen) atoms. The molecule has 3 atom stereocenters. The van der Waals surface area contributed by atoms with E-state index in [0.29, 0.717) is 17.3 Å². The van der Waals surface area contributed by atoms with E-state index in [9.17, 15) is 5.11 Å². The van der Waals surface area contributed by atoms with Crippen molar-refractivity contribution in [1.29, 1.82) is 0 Å². The molecule has 0 unspecified atom stereocenters. The fourth-order valence-corrected chi connectivity index (χ4v) is 3.39. The lowest BCUT2D eigenvalue weighted by molar-refractivity contribution is 0.131. The lowest BCUT2D eigenvalue weighted by Crippen LogP contribution is -2.26. The van der Waals surface area contributed by atoms with Gasteiger partial charge >= 0.3 is 0 Å². The van der Waals surface area contributed by atoms with Crippen LogP contribution in [0.3, 0.4) is 0 Å². The van der Waals surface area contributed by atoms with Crippen LogP contribution in [0.1, 0.15) is 40.0 Å². The zero-order valence-electron chi connectivity index (χ0n) is 8.88. The predicted octanol–water partition coefficient (Wildman–Crippen LogP) is 2.75. The van der Waals surface area contributed by atoms with Crippen molar-refractivity contribution in [3.05, 3.63) is 11.6 Å². The molecule has 2 rings (SSSR count). The molecule has 0 aromatic carbocycles. The van der Waals surface area contributed by atoms with Crippen molar-refractivity contribution in [2.75, 3.05) is 0 Å². The Morgan fingerprint density at radius 1 is 1.46 bits per heavy atom. The minimum absolute atomic E-state index is 0.0865. The molecule has 1 heteroatoms. The summed E-state index contributed by atoms with van der Waals surface area (Å²) in [7, 11) is 0. The summed E-state index contributed by atoms with van der Waals surface area (Å²) in [6.07, 6.45) is 5.69. The van der Waals surface area contributed by atoms with E-state index in [0.717, 1.165) is 6.42 Å². The summed E-state index contributed by atoms with van der Waals surface area (Å²) in [5, 5.41) is 9.99. The van der Waals surface area contributed by atoms with Crippen molar-refractivity contribution in [3.8, 4) is 0 Å². The monoisotopic (exact) mass is 180 g/mol. The maximum atomic E-state index is 9.99. The molecule has 2 aliphatic carbocycles. The van der Waals surface area contributed by atoms with Crippen LogP contribution in [0.2, 0.25) is 0 Å². The quantitative estimate of drug-likeness (QED) is 0.568. The van der Waals surface area contributed by atoms with Crippen LogP contribution in [0.15, 0.2) is 11.6 Å². The maximum Gasteiger partial charge on any atom is 0.0613 e. The molecular formula is C12H20O. The number of fused-ring (bicyclic) bond motifs is 1. The van der Waals surface area contributed by atoms with E-state index in [1.807, 2.05) is 0 Å². The van der Waals surface area contributed by atoms with Crippen molar-refractivity contribution in [2.45, 2.75) is 46.1 Å². The molecule has 0 aliphatic heterocycles. The average Bonchev–Trinajstić information content (AvgIpc) is 2.24. The third-order valence-corrected chi connectivity index (χ3v) is 4.06. The standard InChI is InChI=1S/C12H20O/c1-8-5-4-6-9-11(8)10(13)7-12(9,2)3/h5,9-11,13H,4,6-7H2,1-3H3/t9-,10+,11-/m1/s1. The Balaban J connectivity index is 2.31. The van der Waals surface area contributed by atoms with Crippen LogP contribution in [-0.4, -0.2) is 11.2 Å². The van der Waals surface area contributed by atoms with Gasteiger partial charge in [-0.05, 0) is 37.5 Å². The number of allylic oxidation sites excluding steroid dienone is 1. The van der Waals surface area contributed by atoms with Crippen molar-refractivity contribution >= 4 is 0 Å². The summed E-state index contributed by atoms with van der Waals surface area (Å²) >= 11 is 0. The van der Waals surface area contributed by atoms with E-state index in [1.54, 1.807) is 0 Å². The van der Waals surface area contributed by atoms with Crippen molar-refractivity contribution in [2.24, 2.45) is 17.3 Å². The Bertz CT molecular complexity index is 240. The van der Waals surface area contributed by atoms with Crippen LogP contribution >= 0.6 is 0 Å². The molecule has 1 nitrogen and oxygen atoms in total. The molecule has 1 saturated carbocycles. The number of aliphatic hydroxyl groups is 1. The highest BCUT2D eigenvalue weighted by atomic mass is 16.3. The van der Waals surface area contributed by atoms with Crippen molar-refractivity contribution in [1.82, 2.24) is 0 Å². The summed E-state index contributed by atoms with van der Waals surface area (Å²) < 4.78 is 0. The minimum Gasteiger partial charge on any atom is -0.392 e. The van der Waals surface area contributed by atoms with E-state index in [4.69, 9.17) is 0 Å². The van der Waals surface area contributed by atoms with E-state index >= 15 is 0 Å². The van der Waals surface area contributed by atoms with Crippen molar-refractivity contribution in [3.63, 3.8) is 0 Å². The Hall–Kier alpha value is -0.300. The predicted molar refractivity (Wildman–Crippen MR) is 54.4 cm³/mol. The molecule has 0 bridgehead atoms. The third kappa shape index (κ3) is 1.34. The molecule has 0 aromatic rings. The topological polar surface area (TPSA) is 20.2 Å². The van der Waals surface area contributed by atoms with E-state index in [2.05, 4.69) is 26.8 Å². The Morgan fingerprint density at radius 3 is 2.77 bits per heavy atom. The van der Waals surface area contributed by atoms with Crippen LogP contribution in [-0.2, 0) is 0 Å². The second-order valence-corrected chi connectivity index (χ2v) is 5.42. The van der Waals surface area contributed by atoms with Gasteiger partial charge < -0.3 is 5.11 Å². The van der Waals surface area contributed by atoms with Crippen molar-refractivity contribution < 1.29 is 5.11 Å². The molecule has 0 aromatic heterocycles. The molecule has 2 aliphatic rings. The van der Waals surface area contributed by atoms with Gasteiger partial charge in [-0.25, -0.2) is 0 Å². The van der Waals surface area contributed by atoms with Gasteiger partial charge in [-0.2, -0.15) is 0 Å². The van der Waals surface area contributed by atoms with Crippen LogP contribution < -0.4 is 0 Å². The summed E-state index contributed by atoms with van der Waals surface area (Å²) in [6.45, 7) is 6.79. The number of rotatable bonds is 0. The maximum absolute atomic E-state index is 9.99. The number of hydrogen-bond acceptors (Lipinski definition) is 1. The van der Waals surface area contributed by atoms with Gasteiger partial charge in [0.2, 0.25) is 0 Å². The molecule has 0 heterocycles. The molecule has 0 amide bonds. The summed E-state index contributed by atoms with van der Waals surface area (Å²) in [5.41, 5.74) is 1.77. The highest BCUT2D eigenvalue weighted by Crippen LogP contribution is 2.53. The first-order valence-corrected chi connectivity index (χ1v) is 5.37. The SMILES string of the molecule is CC1=CCC[C@@H]2[C@@H]1[C@@H](O)CC2(C)C. The van der Waals surface area contributed by atoms with Gasteiger partial charge in [0.1, 0.15) is 0 Å². The Morgan fingerprint density at radius 2 is 2.15 bits per heavy atom. The lowest BCUT2D eigenvalue weighted by atomic mass is 9.71. The molecule has 0 radical (unpaired) electrons. The molecule has 0 saturated heterocycles. The fourth-order valence-electron chi connectivity index (χ4n) is 3.39. The molecule has 0 spiro atoms. The third-order valence-electron chi connectivity index (χ3n) is 4.06. The first-order valence-electron chi connectivity index (χ1n) is 5.37. The smallest absolute Gasteiger partial charge is 0.0613 e. The zero-order valence-corrected chi connectivity index (χ0v) is 8.88. The van der Waals surface area contributed by atoms with Crippen LogP contribution in [0.5, 0.6) is 0 Å². The second kappa shape index (κ2) is 2.84. The number of aliphatic hydroxyl groups excluding tert-OH is 1. The summed E-state index contributed by atoms with van der Waals surface area (Å²) in [5.74, 6) is 1.18. The normalized spacial score (nSPS) is 42.8. The van der Waals surface area contributed by atoms with Crippen LogP contribution in [0.25, 0.3) is 0 Å². The van der Waals surface area contributed by atoms with E-state index in [-0.39, 0.29) is 6.10 Å². The van der Waals surface area contributed by atoms with E-state index < -0.39 is 0 Å². The fraction of sp³-hybridized carbons (Fsp3) is 0.833. The van der Waals surface area contributed by atoms with Gasteiger partial charge in [0.05, 0.1) is 6.10 Å². The van der Waals surface area contributed by atoms with Gasteiger partial charge in [-0.3, -0.25) is 0 Å². The second-order valence-electron chi connectivity index (χ2n) is 5.42. The molecule has 74 valence electrons. The summed E-state index contributed by atoms with van der Waals surface area (Å²) in [6, 6.07) is 0.